The minimum absolute atomic E-state index is 0.0121. The smallest absolute Gasteiger partial charge is 0.221 e. The first-order chi connectivity index (χ1) is 11.7. The van der Waals surface area contributed by atoms with Crippen LogP contribution in [0.1, 0.15) is 29.5 Å². The quantitative estimate of drug-likeness (QED) is 0.727. The first kappa shape index (κ1) is 16.1. The molecule has 0 saturated carbocycles. The SMILES string of the molecule is Cc1nccn1CCNC(=O)C[C@H](c1ccccc1)c1ccco1. The molecule has 1 aromatic carbocycles. The number of hydrogen-bond acceptors (Lipinski definition) is 3. The number of furan rings is 1. The van der Waals surface area contributed by atoms with E-state index in [2.05, 4.69) is 10.3 Å². The van der Waals surface area contributed by atoms with Crippen molar-refractivity contribution in [2.45, 2.75) is 25.8 Å². The summed E-state index contributed by atoms with van der Waals surface area (Å²) < 4.78 is 7.55. The fourth-order valence-corrected chi connectivity index (χ4v) is 2.77. The van der Waals surface area contributed by atoms with Crippen molar-refractivity contribution in [1.29, 1.82) is 0 Å². The van der Waals surface area contributed by atoms with Gasteiger partial charge in [0.15, 0.2) is 0 Å². The third kappa shape index (κ3) is 3.93. The standard InChI is InChI=1S/C19H21N3O2/c1-15-20-9-11-22(15)12-10-21-19(23)14-17(18-8-5-13-24-18)16-6-3-2-4-7-16/h2-9,11,13,17H,10,12,14H2,1H3,(H,21,23)/t17-/m1/s1. The molecule has 0 saturated heterocycles. The van der Waals surface area contributed by atoms with Crippen LogP contribution in [0.5, 0.6) is 0 Å². The molecule has 0 fully saturated rings. The van der Waals surface area contributed by atoms with Gasteiger partial charge < -0.3 is 14.3 Å². The third-order valence-electron chi connectivity index (χ3n) is 4.08. The van der Waals surface area contributed by atoms with Crippen LogP contribution in [0.25, 0.3) is 0 Å². The number of aromatic nitrogens is 2. The van der Waals surface area contributed by atoms with Crippen molar-refractivity contribution in [2.75, 3.05) is 6.54 Å². The Kier molecular flexibility index (Phi) is 5.11. The average molecular weight is 323 g/mol. The maximum atomic E-state index is 12.4. The zero-order chi connectivity index (χ0) is 16.8. The number of benzene rings is 1. The van der Waals surface area contributed by atoms with E-state index in [0.717, 1.165) is 17.1 Å². The molecule has 3 aromatic rings. The van der Waals surface area contributed by atoms with E-state index < -0.39 is 0 Å². The van der Waals surface area contributed by atoms with Crippen molar-refractivity contribution < 1.29 is 9.21 Å². The molecule has 2 heterocycles. The van der Waals surface area contributed by atoms with Gasteiger partial charge in [0.25, 0.3) is 0 Å². The second-order valence-corrected chi connectivity index (χ2v) is 5.70. The zero-order valence-electron chi connectivity index (χ0n) is 13.7. The third-order valence-corrected chi connectivity index (χ3v) is 4.08. The van der Waals surface area contributed by atoms with E-state index in [1.165, 1.54) is 0 Å². The molecule has 0 aliphatic rings. The van der Waals surface area contributed by atoms with Gasteiger partial charge in [0, 0.05) is 31.9 Å². The van der Waals surface area contributed by atoms with E-state index in [9.17, 15) is 4.79 Å². The summed E-state index contributed by atoms with van der Waals surface area (Å²) in [5.74, 6) is 1.69. The van der Waals surface area contributed by atoms with Crippen LogP contribution in [0, 0.1) is 6.92 Å². The van der Waals surface area contributed by atoms with E-state index in [1.54, 1.807) is 12.5 Å². The zero-order valence-corrected chi connectivity index (χ0v) is 13.7. The molecule has 0 spiro atoms. The lowest BCUT2D eigenvalue weighted by atomic mass is 9.93. The van der Waals surface area contributed by atoms with Gasteiger partial charge in [-0.3, -0.25) is 4.79 Å². The van der Waals surface area contributed by atoms with E-state index >= 15 is 0 Å². The fourth-order valence-electron chi connectivity index (χ4n) is 2.77. The fraction of sp³-hybridized carbons (Fsp3) is 0.263. The van der Waals surface area contributed by atoms with Gasteiger partial charge in [-0.1, -0.05) is 30.3 Å². The van der Waals surface area contributed by atoms with E-state index in [1.807, 2.05) is 60.2 Å². The molecular formula is C19H21N3O2. The van der Waals surface area contributed by atoms with Gasteiger partial charge in [-0.05, 0) is 24.6 Å². The number of imidazole rings is 1. The minimum atomic E-state index is -0.0730. The highest BCUT2D eigenvalue weighted by Gasteiger charge is 2.20. The molecule has 1 amide bonds. The van der Waals surface area contributed by atoms with Gasteiger partial charge in [-0.15, -0.1) is 0 Å². The van der Waals surface area contributed by atoms with Crippen LogP contribution >= 0.6 is 0 Å². The van der Waals surface area contributed by atoms with Gasteiger partial charge in [0.2, 0.25) is 5.91 Å². The van der Waals surface area contributed by atoms with Gasteiger partial charge >= 0.3 is 0 Å². The molecule has 1 N–H and O–H groups in total. The van der Waals surface area contributed by atoms with Gasteiger partial charge in [-0.2, -0.15) is 0 Å². The van der Waals surface area contributed by atoms with Crippen LogP contribution in [0.2, 0.25) is 0 Å². The first-order valence-electron chi connectivity index (χ1n) is 8.07. The highest BCUT2D eigenvalue weighted by Crippen LogP contribution is 2.28. The Morgan fingerprint density at radius 3 is 2.75 bits per heavy atom. The Balaban J connectivity index is 1.60. The number of aryl methyl sites for hydroxylation is 1. The molecule has 1 atom stereocenters. The van der Waals surface area contributed by atoms with Crippen molar-refractivity contribution in [1.82, 2.24) is 14.9 Å². The predicted octanol–water partition coefficient (Wildman–Crippen LogP) is 3.12. The molecule has 0 unspecified atom stereocenters. The molecule has 3 rings (SSSR count). The lowest BCUT2D eigenvalue weighted by Crippen LogP contribution is -2.28. The van der Waals surface area contributed by atoms with Gasteiger partial charge in [0.1, 0.15) is 11.6 Å². The molecule has 2 aromatic heterocycles. The number of hydrogen-bond donors (Lipinski definition) is 1. The highest BCUT2D eigenvalue weighted by molar-refractivity contribution is 5.77. The topological polar surface area (TPSA) is 60.1 Å². The summed E-state index contributed by atoms with van der Waals surface area (Å²) in [5, 5.41) is 2.98. The Morgan fingerprint density at radius 2 is 2.08 bits per heavy atom. The number of amides is 1. The van der Waals surface area contributed by atoms with Crippen LogP contribution in [0.3, 0.4) is 0 Å². The van der Waals surface area contributed by atoms with Crippen molar-refractivity contribution in [3.63, 3.8) is 0 Å². The largest absolute Gasteiger partial charge is 0.469 e. The van der Waals surface area contributed by atoms with Crippen LogP contribution in [0.15, 0.2) is 65.5 Å². The normalized spacial score (nSPS) is 12.0. The summed E-state index contributed by atoms with van der Waals surface area (Å²) in [7, 11) is 0. The summed E-state index contributed by atoms with van der Waals surface area (Å²) >= 11 is 0. The lowest BCUT2D eigenvalue weighted by Gasteiger charge is -2.15. The number of nitrogens with one attached hydrogen (secondary N) is 1. The maximum absolute atomic E-state index is 12.4. The lowest BCUT2D eigenvalue weighted by molar-refractivity contribution is -0.121. The Bertz CT molecular complexity index is 763. The second-order valence-electron chi connectivity index (χ2n) is 5.70. The van der Waals surface area contributed by atoms with E-state index in [0.29, 0.717) is 19.5 Å². The maximum Gasteiger partial charge on any atom is 0.221 e. The Hall–Kier alpha value is -2.82. The molecule has 0 radical (unpaired) electrons. The molecule has 124 valence electrons. The summed E-state index contributed by atoms with van der Waals surface area (Å²) in [6.45, 7) is 3.24. The van der Waals surface area contributed by atoms with Gasteiger partial charge in [0.05, 0.1) is 12.2 Å². The second kappa shape index (κ2) is 7.64. The van der Waals surface area contributed by atoms with Crippen molar-refractivity contribution >= 4 is 5.91 Å². The molecular weight excluding hydrogens is 302 g/mol. The summed E-state index contributed by atoms with van der Waals surface area (Å²) in [5.41, 5.74) is 1.08. The summed E-state index contributed by atoms with van der Waals surface area (Å²) in [6.07, 6.45) is 5.68. The Morgan fingerprint density at radius 1 is 1.25 bits per heavy atom. The minimum Gasteiger partial charge on any atom is -0.469 e. The van der Waals surface area contributed by atoms with Crippen molar-refractivity contribution in [2.24, 2.45) is 0 Å². The van der Waals surface area contributed by atoms with E-state index in [4.69, 9.17) is 4.42 Å². The average Bonchev–Trinajstić information content (AvgIpc) is 3.26. The monoisotopic (exact) mass is 323 g/mol. The molecule has 0 aliphatic carbocycles. The van der Waals surface area contributed by atoms with Crippen LogP contribution in [0.4, 0.5) is 0 Å². The van der Waals surface area contributed by atoms with Crippen LogP contribution in [-0.4, -0.2) is 22.0 Å². The molecule has 24 heavy (non-hydrogen) atoms. The number of rotatable bonds is 7. The Labute approximate surface area is 141 Å². The summed E-state index contributed by atoms with van der Waals surface area (Å²) in [6, 6.07) is 13.7. The highest BCUT2D eigenvalue weighted by atomic mass is 16.3. The molecule has 0 aliphatic heterocycles. The van der Waals surface area contributed by atoms with Crippen molar-refractivity contribution in [3.8, 4) is 0 Å². The van der Waals surface area contributed by atoms with Crippen LogP contribution < -0.4 is 5.32 Å². The molecule has 5 nitrogen and oxygen atoms in total. The van der Waals surface area contributed by atoms with E-state index in [-0.39, 0.29) is 11.8 Å². The number of carbonyl (C=O) groups is 1. The molecule has 5 heteroatoms. The van der Waals surface area contributed by atoms with Gasteiger partial charge in [-0.25, -0.2) is 4.98 Å². The predicted molar refractivity (Wildman–Crippen MR) is 91.6 cm³/mol. The number of nitrogens with zero attached hydrogens (tertiary/aromatic N) is 2. The summed E-state index contributed by atoms with van der Waals surface area (Å²) in [4.78, 5) is 16.5. The molecule has 0 bridgehead atoms. The first-order valence-corrected chi connectivity index (χ1v) is 8.07. The van der Waals surface area contributed by atoms with Crippen molar-refractivity contribution in [3.05, 3.63) is 78.3 Å². The van der Waals surface area contributed by atoms with Crippen LogP contribution in [-0.2, 0) is 11.3 Å². The number of carbonyl (C=O) groups excluding carboxylic acids is 1.